The van der Waals surface area contributed by atoms with Crippen molar-refractivity contribution in [2.75, 3.05) is 19.7 Å². The Morgan fingerprint density at radius 3 is 2.50 bits per heavy atom. The Morgan fingerprint density at radius 1 is 1.07 bits per heavy atom. The van der Waals surface area contributed by atoms with Crippen molar-refractivity contribution in [2.24, 2.45) is 0 Å². The van der Waals surface area contributed by atoms with Gasteiger partial charge in [-0.25, -0.2) is 4.68 Å². The first-order valence-corrected chi connectivity index (χ1v) is 11.9. The highest BCUT2D eigenvalue weighted by atomic mass is 32.2. The molecule has 2 aliphatic heterocycles. The molecule has 1 aliphatic carbocycles. The Balaban J connectivity index is 1.38. The SMILES string of the molecule is O=c1cc2c(nn1C1CCC(NS(=O)(=O)N3CCCCCC3)CC1)CCOC2. The average Bonchev–Trinajstić information content (AvgIpc) is 2.98. The maximum Gasteiger partial charge on any atom is 0.279 e. The lowest BCUT2D eigenvalue weighted by molar-refractivity contribution is 0.107. The minimum absolute atomic E-state index is 0.0413. The molecular formula is C19H30N4O4S. The molecule has 0 aromatic carbocycles. The van der Waals surface area contributed by atoms with E-state index in [9.17, 15) is 13.2 Å². The van der Waals surface area contributed by atoms with E-state index in [1.165, 1.54) is 0 Å². The maximum absolute atomic E-state index is 12.7. The highest BCUT2D eigenvalue weighted by Gasteiger charge is 2.30. The van der Waals surface area contributed by atoms with Crippen LogP contribution in [0.2, 0.25) is 0 Å². The van der Waals surface area contributed by atoms with Gasteiger partial charge in [-0.05, 0) is 38.5 Å². The first-order chi connectivity index (χ1) is 13.5. The van der Waals surface area contributed by atoms with Gasteiger partial charge in [0.05, 0.1) is 24.9 Å². The molecule has 0 unspecified atom stereocenters. The van der Waals surface area contributed by atoms with Crippen molar-refractivity contribution in [3.63, 3.8) is 0 Å². The van der Waals surface area contributed by atoms with Crippen molar-refractivity contribution in [2.45, 2.75) is 76.5 Å². The molecule has 0 radical (unpaired) electrons. The fourth-order valence-electron chi connectivity index (χ4n) is 4.50. The molecule has 0 spiro atoms. The molecule has 1 saturated heterocycles. The van der Waals surface area contributed by atoms with Crippen LogP contribution in [0, 0.1) is 0 Å². The van der Waals surface area contributed by atoms with E-state index in [0.29, 0.717) is 26.3 Å². The zero-order valence-corrected chi connectivity index (χ0v) is 17.1. The second kappa shape index (κ2) is 8.61. The van der Waals surface area contributed by atoms with Crippen LogP contribution in [0.25, 0.3) is 0 Å². The largest absolute Gasteiger partial charge is 0.376 e. The van der Waals surface area contributed by atoms with Gasteiger partial charge < -0.3 is 4.74 Å². The van der Waals surface area contributed by atoms with Crippen molar-refractivity contribution in [3.05, 3.63) is 27.7 Å². The Bertz CT molecular complexity index is 838. The summed E-state index contributed by atoms with van der Waals surface area (Å²) in [5.41, 5.74) is 1.76. The van der Waals surface area contributed by atoms with E-state index < -0.39 is 10.2 Å². The van der Waals surface area contributed by atoms with Crippen LogP contribution in [0.1, 0.15) is 68.7 Å². The summed E-state index contributed by atoms with van der Waals surface area (Å²) in [6.07, 6.45) is 7.79. The number of hydrogen-bond donors (Lipinski definition) is 1. The number of hydrogen-bond acceptors (Lipinski definition) is 5. The molecule has 1 saturated carbocycles. The Kier molecular flexibility index (Phi) is 6.15. The first kappa shape index (κ1) is 20.0. The smallest absolute Gasteiger partial charge is 0.279 e. The van der Waals surface area contributed by atoms with Gasteiger partial charge in [0.1, 0.15) is 0 Å². The van der Waals surface area contributed by atoms with E-state index >= 15 is 0 Å². The van der Waals surface area contributed by atoms with Crippen molar-refractivity contribution in [1.82, 2.24) is 18.8 Å². The van der Waals surface area contributed by atoms with E-state index in [0.717, 1.165) is 69.0 Å². The molecule has 0 amide bonds. The van der Waals surface area contributed by atoms with Crippen LogP contribution in [-0.2, 0) is 28.0 Å². The molecule has 1 aromatic heterocycles. The topological polar surface area (TPSA) is 93.5 Å². The van der Waals surface area contributed by atoms with Crippen LogP contribution in [0.15, 0.2) is 10.9 Å². The molecule has 28 heavy (non-hydrogen) atoms. The summed E-state index contributed by atoms with van der Waals surface area (Å²) in [6, 6.07) is 1.63. The third-order valence-corrected chi connectivity index (χ3v) is 7.80. The van der Waals surface area contributed by atoms with Gasteiger partial charge in [0.2, 0.25) is 0 Å². The van der Waals surface area contributed by atoms with Crippen LogP contribution >= 0.6 is 0 Å². The van der Waals surface area contributed by atoms with E-state index in [4.69, 9.17) is 4.74 Å². The summed E-state index contributed by atoms with van der Waals surface area (Å²) in [7, 11) is -3.42. The molecule has 0 bridgehead atoms. The van der Waals surface area contributed by atoms with Crippen molar-refractivity contribution in [1.29, 1.82) is 0 Å². The van der Waals surface area contributed by atoms with Crippen LogP contribution in [-0.4, -0.2) is 48.2 Å². The van der Waals surface area contributed by atoms with Gasteiger partial charge in [0, 0.05) is 37.2 Å². The lowest BCUT2D eigenvalue weighted by atomic mass is 9.92. The fraction of sp³-hybridized carbons (Fsp3) is 0.789. The van der Waals surface area contributed by atoms with E-state index in [1.54, 1.807) is 15.1 Å². The molecule has 4 rings (SSSR count). The average molecular weight is 411 g/mol. The van der Waals surface area contributed by atoms with Crippen LogP contribution in [0.5, 0.6) is 0 Å². The normalized spacial score (nSPS) is 27.1. The summed E-state index contributed by atoms with van der Waals surface area (Å²) in [5, 5.41) is 4.60. The number of nitrogens with one attached hydrogen (secondary N) is 1. The maximum atomic E-state index is 12.7. The van der Waals surface area contributed by atoms with Gasteiger partial charge in [-0.3, -0.25) is 4.79 Å². The number of aromatic nitrogens is 2. The molecule has 2 fully saturated rings. The van der Waals surface area contributed by atoms with Gasteiger partial charge in [-0.1, -0.05) is 12.8 Å². The molecule has 1 aromatic rings. The predicted octanol–water partition coefficient (Wildman–Crippen LogP) is 1.51. The van der Waals surface area contributed by atoms with E-state index in [2.05, 4.69) is 9.82 Å². The molecule has 1 N–H and O–H groups in total. The van der Waals surface area contributed by atoms with Crippen molar-refractivity contribution >= 4 is 10.2 Å². The van der Waals surface area contributed by atoms with Crippen molar-refractivity contribution in [3.8, 4) is 0 Å². The molecular weight excluding hydrogens is 380 g/mol. The first-order valence-electron chi connectivity index (χ1n) is 10.5. The Labute approximate surface area is 166 Å². The summed E-state index contributed by atoms with van der Waals surface area (Å²) in [6.45, 7) is 2.33. The molecule has 9 heteroatoms. The fourth-order valence-corrected chi connectivity index (χ4v) is 6.04. The number of fused-ring (bicyclic) bond motifs is 1. The second-order valence-electron chi connectivity index (χ2n) is 8.14. The van der Waals surface area contributed by atoms with Crippen LogP contribution in [0.4, 0.5) is 0 Å². The minimum atomic E-state index is -3.42. The summed E-state index contributed by atoms with van der Waals surface area (Å²) < 4.78 is 36.9. The second-order valence-corrected chi connectivity index (χ2v) is 9.85. The standard InChI is InChI=1S/C19H30N4O4S/c24-19-13-15-14-27-12-9-18(15)20-23(19)17-7-5-16(6-8-17)21-28(25,26)22-10-3-1-2-4-11-22/h13,16-17,21H,1-12,14H2. The zero-order chi connectivity index (χ0) is 19.6. The van der Waals surface area contributed by atoms with Gasteiger partial charge in [-0.15, -0.1) is 0 Å². The third-order valence-electron chi connectivity index (χ3n) is 6.13. The highest BCUT2D eigenvalue weighted by molar-refractivity contribution is 7.87. The van der Waals surface area contributed by atoms with Gasteiger partial charge in [0.15, 0.2) is 0 Å². The van der Waals surface area contributed by atoms with Crippen molar-refractivity contribution < 1.29 is 13.2 Å². The lowest BCUT2D eigenvalue weighted by Gasteiger charge is -2.31. The Morgan fingerprint density at radius 2 is 1.79 bits per heavy atom. The van der Waals surface area contributed by atoms with Crippen LogP contribution < -0.4 is 10.3 Å². The number of ether oxygens (including phenoxy) is 1. The molecule has 3 aliphatic rings. The molecule has 0 atom stereocenters. The lowest BCUT2D eigenvalue weighted by Crippen LogP contribution is -2.47. The number of rotatable bonds is 4. The summed E-state index contributed by atoms with van der Waals surface area (Å²) in [5.74, 6) is 0. The molecule has 8 nitrogen and oxygen atoms in total. The predicted molar refractivity (Wildman–Crippen MR) is 105 cm³/mol. The highest BCUT2D eigenvalue weighted by Crippen LogP contribution is 2.28. The quantitative estimate of drug-likeness (QED) is 0.812. The number of nitrogens with zero attached hydrogens (tertiary/aromatic N) is 3. The molecule has 156 valence electrons. The van der Waals surface area contributed by atoms with E-state index in [-0.39, 0.29) is 17.6 Å². The Hall–Kier alpha value is -1.29. The monoisotopic (exact) mass is 410 g/mol. The zero-order valence-electron chi connectivity index (χ0n) is 16.3. The summed E-state index contributed by atoms with van der Waals surface area (Å²) >= 11 is 0. The third kappa shape index (κ3) is 4.48. The van der Waals surface area contributed by atoms with Gasteiger partial charge >= 0.3 is 0 Å². The molecule has 3 heterocycles. The van der Waals surface area contributed by atoms with Gasteiger partial charge in [-0.2, -0.15) is 22.5 Å². The van der Waals surface area contributed by atoms with Crippen LogP contribution in [0.3, 0.4) is 0 Å². The van der Waals surface area contributed by atoms with E-state index in [1.807, 2.05) is 0 Å². The minimum Gasteiger partial charge on any atom is -0.376 e. The van der Waals surface area contributed by atoms with Gasteiger partial charge in [0.25, 0.3) is 15.8 Å². The summed E-state index contributed by atoms with van der Waals surface area (Å²) in [4.78, 5) is 12.5.